The van der Waals surface area contributed by atoms with Gasteiger partial charge in [-0.2, -0.15) is 0 Å². The van der Waals surface area contributed by atoms with Crippen LogP contribution in [0.1, 0.15) is 50.7 Å². The number of pyridine rings is 1. The number of piperidine rings is 1. The highest BCUT2D eigenvalue weighted by molar-refractivity contribution is 7.80. The van der Waals surface area contributed by atoms with Crippen LogP contribution in [-0.4, -0.2) is 34.4 Å². The second-order valence-corrected chi connectivity index (χ2v) is 12.0. The van der Waals surface area contributed by atoms with Crippen LogP contribution >= 0.6 is 23.8 Å². The lowest BCUT2D eigenvalue weighted by Gasteiger charge is -2.37. The number of rotatable bonds is 7. The summed E-state index contributed by atoms with van der Waals surface area (Å²) < 4.78 is 7.89. The predicted molar refractivity (Wildman–Crippen MR) is 171 cm³/mol. The first kappa shape index (κ1) is 27.6. The third kappa shape index (κ3) is 5.53. The van der Waals surface area contributed by atoms with Gasteiger partial charge in [0, 0.05) is 42.6 Å². The van der Waals surface area contributed by atoms with Gasteiger partial charge in [-0.05, 0) is 104 Å². The van der Waals surface area contributed by atoms with Crippen molar-refractivity contribution in [2.24, 2.45) is 11.8 Å². The maximum atomic E-state index is 7.02. The fraction of sp³-hybridized carbons (Fsp3) is 0.333. The van der Waals surface area contributed by atoms with Crippen molar-refractivity contribution >= 4 is 40.3 Å². The molecule has 4 unspecified atom stereocenters. The Balaban J connectivity index is 1.40. The van der Waals surface area contributed by atoms with Gasteiger partial charge in [-0.3, -0.25) is 4.98 Å². The van der Waals surface area contributed by atoms with E-state index in [9.17, 15) is 0 Å². The molecule has 4 heterocycles. The summed E-state index contributed by atoms with van der Waals surface area (Å²) in [6, 6.07) is 24.5. The van der Waals surface area contributed by atoms with E-state index in [0.29, 0.717) is 23.6 Å². The molecule has 0 radical (unpaired) electrons. The number of benzene rings is 2. The van der Waals surface area contributed by atoms with Gasteiger partial charge in [0.2, 0.25) is 0 Å². The number of halogens is 1. The molecule has 4 aromatic rings. The summed E-state index contributed by atoms with van der Waals surface area (Å²) in [5.74, 6) is 2.14. The summed E-state index contributed by atoms with van der Waals surface area (Å²) in [4.78, 5) is 9.33. The summed E-state index contributed by atoms with van der Waals surface area (Å²) >= 11 is 13.0. The molecule has 4 atom stereocenters. The summed E-state index contributed by atoms with van der Waals surface area (Å²) in [5, 5.41) is 4.97. The van der Waals surface area contributed by atoms with Gasteiger partial charge in [0.15, 0.2) is 5.11 Å². The average Bonchev–Trinajstić information content (AvgIpc) is 3.58. The molecule has 212 valence electrons. The number of aromatic nitrogens is 2. The Hall–Kier alpha value is -3.55. The maximum absolute atomic E-state index is 7.02. The molecule has 2 saturated heterocycles. The minimum Gasteiger partial charge on any atom is -0.494 e. The topological polar surface area (TPSA) is 45.6 Å². The Bertz CT molecular complexity index is 1500. The maximum Gasteiger partial charge on any atom is 0.174 e. The number of hydrogen-bond acceptors (Lipinski definition) is 4. The molecule has 2 aliphatic heterocycles. The number of nitrogens with one attached hydrogen (secondary N) is 1. The fourth-order valence-corrected chi connectivity index (χ4v) is 7.08. The standard InChI is InChI=1S/C33H36ClN5OS/c1-4-40-26-13-10-24(11-14-26)38-17-7-9-30(38)32-31(28-8-5-6-16-35-28)36-33(41)39(32)25-12-15-29(27(34)19-25)37-20-22(2)18-23(3)21-37/h5-17,19,22-23,31-32H,4,18,20-21H2,1-3H3,(H,36,41). The van der Waals surface area contributed by atoms with Crippen LogP contribution in [0.2, 0.25) is 5.02 Å². The van der Waals surface area contributed by atoms with E-state index in [1.54, 1.807) is 0 Å². The number of anilines is 2. The smallest absolute Gasteiger partial charge is 0.174 e. The zero-order valence-electron chi connectivity index (χ0n) is 23.7. The zero-order valence-corrected chi connectivity index (χ0v) is 25.3. The summed E-state index contributed by atoms with van der Waals surface area (Å²) in [6.45, 7) is 9.31. The van der Waals surface area contributed by atoms with Crippen LogP contribution in [0, 0.1) is 11.8 Å². The first-order chi connectivity index (χ1) is 19.9. The van der Waals surface area contributed by atoms with Crippen molar-refractivity contribution in [2.75, 3.05) is 29.5 Å². The number of hydrogen-bond donors (Lipinski definition) is 1. The van der Waals surface area contributed by atoms with E-state index in [0.717, 1.165) is 52.3 Å². The molecule has 6 nitrogen and oxygen atoms in total. The molecule has 2 aromatic heterocycles. The zero-order chi connectivity index (χ0) is 28.5. The molecule has 2 aliphatic rings. The van der Waals surface area contributed by atoms with E-state index >= 15 is 0 Å². The molecule has 0 saturated carbocycles. The third-order valence-electron chi connectivity index (χ3n) is 8.03. The van der Waals surface area contributed by atoms with Gasteiger partial charge in [0.25, 0.3) is 0 Å². The van der Waals surface area contributed by atoms with E-state index in [4.69, 9.17) is 33.5 Å². The van der Waals surface area contributed by atoms with E-state index in [-0.39, 0.29) is 12.1 Å². The summed E-state index contributed by atoms with van der Waals surface area (Å²) in [5.41, 5.74) is 5.12. The average molecular weight is 586 g/mol. The Kier molecular flexibility index (Phi) is 7.91. The Morgan fingerprint density at radius 2 is 1.73 bits per heavy atom. The van der Waals surface area contributed by atoms with Gasteiger partial charge < -0.3 is 24.4 Å². The minimum absolute atomic E-state index is 0.151. The Morgan fingerprint density at radius 1 is 0.976 bits per heavy atom. The van der Waals surface area contributed by atoms with E-state index in [1.807, 2.05) is 37.4 Å². The molecule has 41 heavy (non-hydrogen) atoms. The first-order valence-corrected chi connectivity index (χ1v) is 15.2. The molecule has 1 N–H and O–H groups in total. The minimum atomic E-state index is -0.157. The van der Waals surface area contributed by atoms with Crippen LogP contribution in [-0.2, 0) is 0 Å². The predicted octanol–water partition coefficient (Wildman–Crippen LogP) is 7.58. The van der Waals surface area contributed by atoms with E-state index < -0.39 is 0 Å². The summed E-state index contributed by atoms with van der Waals surface area (Å²) in [7, 11) is 0. The molecule has 6 rings (SSSR count). The van der Waals surface area contributed by atoms with Crippen LogP contribution in [0.3, 0.4) is 0 Å². The molecule has 0 aliphatic carbocycles. The van der Waals surface area contributed by atoms with Gasteiger partial charge in [-0.25, -0.2) is 0 Å². The Labute approximate surface area is 252 Å². The fourth-order valence-electron chi connectivity index (χ4n) is 6.44. The molecule has 0 spiro atoms. The largest absolute Gasteiger partial charge is 0.494 e. The lowest BCUT2D eigenvalue weighted by atomic mass is 9.91. The molecular weight excluding hydrogens is 550 g/mol. The SMILES string of the molecule is CCOc1ccc(-n2cccc2C2C(c3ccccn3)NC(=S)N2c2ccc(N3CC(C)CC(C)C3)c(Cl)c2)cc1. The van der Waals surface area contributed by atoms with Crippen molar-refractivity contribution in [3.63, 3.8) is 0 Å². The summed E-state index contributed by atoms with van der Waals surface area (Å²) in [6.07, 6.45) is 5.18. The van der Waals surface area contributed by atoms with Crippen molar-refractivity contribution < 1.29 is 4.74 Å². The first-order valence-electron chi connectivity index (χ1n) is 14.4. The Morgan fingerprint density at radius 3 is 2.41 bits per heavy atom. The van der Waals surface area contributed by atoms with Crippen molar-refractivity contribution in [1.29, 1.82) is 0 Å². The van der Waals surface area contributed by atoms with Gasteiger partial charge in [-0.15, -0.1) is 0 Å². The second kappa shape index (κ2) is 11.7. The second-order valence-electron chi connectivity index (χ2n) is 11.2. The highest BCUT2D eigenvalue weighted by Gasteiger charge is 2.42. The number of ether oxygens (including phenoxy) is 1. The van der Waals surface area contributed by atoms with Gasteiger partial charge >= 0.3 is 0 Å². The number of nitrogens with zero attached hydrogens (tertiary/aromatic N) is 4. The van der Waals surface area contributed by atoms with E-state index in [2.05, 4.69) is 88.3 Å². The normalized spacial score (nSPS) is 22.6. The molecular formula is C33H36ClN5OS. The van der Waals surface area contributed by atoms with Crippen LogP contribution in [0.25, 0.3) is 5.69 Å². The van der Waals surface area contributed by atoms with Crippen molar-refractivity contribution in [1.82, 2.24) is 14.9 Å². The van der Waals surface area contributed by atoms with Crippen LogP contribution in [0.15, 0.2) is 85.2 Å². The lowest BCUT2D eigenvalue weighted by Crippen LogP contribution is -2.38. The quantitative estimate of drug-likeness (QED) is 0.226. The van der Waals surface area contributed by atoms with Crippen LogP contribution in [0.4, 0.5) is 11.4 Å². The van der Waals surface area contributed by atoms with Gasteiger partial charge in [0.1, 0.15) is 11.8 Å². The highest BCUT2D eigenvalue weighted by atomic mass is 35.5. The number of thiocarbonyl (C=S) groups is 1. The van der Waals surface area contributed by atoms with Gasteiger partial charge in [0.05, 0.1) is 29.1 Å². The van der Waals surface area contributed by atoms with Crippen LogP contribution < -0.4 is 19.9 Å². The third-order valence-corrected chi connectivity index (χ3v) is 8.64. The molecule has 2 aromatic carbocycles. The molecule has 2 fully saturated rings. The van der Waals surface area contributed by atoms with Crippen molar-refractivity contribution in [3.05, 3.63) is 102 Å². The molecule has 8 heteroatoms. The lowest BCUT2D eigenvalue weighted by molar-refractivity contribution is 0.340. The van der Waals surface area contributed by atoms with Crippen LogP contribution in [0.5, 0.6) is 5.75 Å². The van der Waals surface area contributed by atoms with Crippen molar-refractivity contribution in [2.45, 2.75) is 39.3 Å². The molecule has 0 amide bonds. The highest BCUT2D eigenvalue weighted by Crippen LogP contribution is 2.44. The monoisotopic (exact) mass is 585 g/mol. The van der Waals surface area contributed by atoms with E-state index in [1.165, 1.54) is 6.42 Å². The molecule has 0 bridgehead atoms. The van der Waals surface area contributed by atoms with Gasteiger partial charge in [-0.1, -0.05) is 31.5 Å². The van der Waals surface area contributed by atoms with Crippen molar-refractivity contribution in [3.8, 4) is 11.4 Å².